The van der Waals surface area contributed by atoms with Gasteiger partial charge in [0.15, 0.2) is 0 Å². The lowest BCUT2D eigenvalue weighted by molar-refractivity contribution is 0.366. The number of hydrogen-bond donors (Lipinski definition) is 2. The predicted molar refractivity (Wildman–Crippen MR) is 103 cm³/mol. The highest BCUT2D eigenvalue weighted by Crippen LogP contribution is 2.33. The van der Waals surface area contributed by atoms with Crippen molar-refractivity contribution in [3.63, 3.8) is 0 Å². The molecule has 0 unspecified atom stereocenters. The summed E-state index contributed by atoms with van der Waals surface area (Å²) < 4.78 is 16.1. The first-order valence-corrected chi connectivity index (χ1v) is 8.75. The van der Waals surface area contributed by atoms with Gasteiger partial charge in [0.05, 0.1) is 33.2 Å². The summed E-state index contributed by atoms with van der Waals surface area (Å²) in [5.74, 6) is 2.21. The van der Waals surface area contributed by atoms with E-state index in [1.807, 2.05) is 46.0 Å². The minimum atomic E-state index is 0.657. The average Bonchev–Trinajstić information content (AvgIpc) is 3.21. The van der Waals surface area contributed by atoms with Gasteiger partial charge < -0.3 is 24.5 Å². The van der Waals surface area contributed by atoms with Gasteiger partial charge in [-0.3, -0.25) is 0 Å². The van der Waals surface area contributed by atoms with E-state index in [2.05, 4.69) is 15.3 Å². The summed E-state index contributed by atoms with van der Waals surface area (Å²) in [6.45, 7) is 9.49. The van der Waals surface area contributed by atoms with Gasteiger partial charge in [0, 0.05) is 43.5 Å². The number of nitrogens with one attached hydrogen (secondary N) is 2. The second-order valence-electron chi connectivity index (χ2n) is 4.51. The molecule has 0 saturated carbocycles. The van der Waals surface area contributed by atoms with Crippen molar-refractivity contribution in [1.82, 2.24) is 15.3 Å². The van der Waals surface area contributed by atoms with E-state index in [1.54, 1.807) is 27.7 Å². The maximum Gasteiger partial charge on any atom is 0.130 e. The average molecular weight is 351 g/mol. The zero-order chi connectivity index (χ0) is 19.1. The van der Waals surface area contributed by atoms with Crippen molar-refractivity contribution in [3.8, 4) is 17.2 Å². The van der Waals surface area contributed by atoms with Crippen LogP contribution in [-0.2, 0) is 13.0 Å². The van der Waals surface area contributed by atoms with E-state index in [0.717, 1.165) is 35.7 Å². The Hall–Kier alpha value is -2.21. The predicted octanol–water partition coefficient (Wildman–Crippen LogP) is 3.82. The van der Waals surface area contributed by atoms with Crippen molar-refractivity contribution in [2.24, 2.45) is 0 Å². The number of H-pyrrole nitrogens is 1. The topological polar surface area (TPSA) is 68.4 Å². The Kier molecular flexibility index (Phi) is 12.9. The lowest BCUT2D eigenvalue weighted by Gasteiger charge is -2.15. The fourth-order valence-electron chi connectivity index (χ4n) is 2.11. The molecule has 0 bridgehead atoms. The Morgan fingerprint density at radius 3 is 2.00 bits per heavy atom. The van der Waals surface area contributed by atoms with E-state index in [0.29, 0.717) is 12.3 Å². The van der Waals surface area contributed by atoms with E-state index in [1.165, 1.54) is 0 Å². The van der Waals surface area contributed by atoms with E-state index < -0.39 is 0 Å². The Labute approximate surface area is 151 Å². The molecule has 2 aromatic rings. The number of methoxy groups -OCH3 is 3. The maximum absolute atomic E-state index is 5.42. The van der Waals surface area contributed by atoms with Crippen LogP contribution < -0.4 is 19.5 Å². The van der Waals surface area contributed by atoms with Crippen LogP contribution in [0.4, 0.5) is 0 Å². The Bertz CT molecular complexity index is 532. The molecule has 0 aliphatic heterocycles. The minimum Gasteiger partial charge on any atom is -0.496 e. The number of ether oxygens (including phenoxy) is 3. The molecule has 0 atom stereocenters. The summed E-state index contributed by atoms with van der Waals surface area (Å²) in [6, 6.07) is 3.71. The van der Waals surface area contributed by atoms with Crippen LogP contribution in [0, 0.1) is 0 Å². The number of imidazole rings is 1. The lowest BCUT2D eigenvalue weighted by atomic mass is 10.1. The van der Waals surface area contributed by atoms with Crippen LogP contribution in [0.5, 0.6) is 17.2 Å². The van der Waals surface area contributed by atoms with Crippen LogP contribution in [0.2, 0.25) is 0 Å². The monoisotopic (exact) mass is 351 g/mol. The third-order valence-electron chi connectivity index (χ3n) is 3.24. The second kappa shape index (κ2) is 14.2. The number of hydrogen-bond acceptors (Lipinski definition) is 5. The molecule has 2 rings (SSSR count). The van der Waals surface area contributed by atoms with E-state index in [4.69, 9.17) is 14.2 Å². The first-order valence-electron chi connectivity index (χ1n) is 8.75. The normalized spacial score (nSPS) is 9.24. The van der Waals surface area contributed by atoms with Crippen molar-refractivity contribution in [3.05, 3.63) is 35.9 Å². The van der Waals surface area contributed by atoms with Crippen LogP contribution in [0.1, 0.15) is 39.0 Å². The number of aromatic amines is 1. The standard InChI is InChI=1S/C15H21N3O3.2C2H6/c1-19-12-6-14(20-2)13(15(7-12)21-3)9-16-5-4-11-8-17-10-18-11;2*1-2/h6-8,10,16H,4-5,9H2,1-3H3,(H,17,18);2*1-2H3. The maximum atomic E-state index is 5.42. The van der Waals surface area contributed by atoms with E-state index in [9.17, 15) is 0 Å². The highest BCUT2D eigenvalue weighted by molar-refractivity contribution is 5.50. The van der Waals surface area contributed by atoms with Gasteiger partial charge >= 0.3 is 0 Å². The summed E-state index contributed by atoms with van der Waals surface area (Å²) in [5, 5.41) is 3.38. The molecule has 0 fully saturated rings. The number of nitrogens with zero attached hydrogens (tertiary/aromatic N) is 1. The molecule has 0 amide bonds. The van der Waals surface area contributed by atoms with Crippen molar-refractivity contribution in [1.29, 1.82) is 0 Å². The quantitative estimate of drug-likeness (QED) is 0.708. The molecule has 0 saturated heterocycles. The molecule has 2 N–H and O–H groups in total. The second-order valence-corrected chi connectivity index (χ2v) is 4.51. The molecule has 0 aliphatic carbocycles. The summed E-state index contributed by atoms with van der Waals surface area (Å²) in [6.07, 6.45) is 4.40. The van der Waals surface area contributed by atoms with Gasteiger partial charge in [-0.05, 0) is 0 Å². The number of benzene rings is 1. The van der Waals surface area contributed by atoms with Crippen LogP contribution >= 0.6 is 0 Å². The van der Waals surface area contributed by atoms with Gasteiger partial charge in [0.25, 0.3) is 0 Å². The van der Waals surface area contributed by atoms with Crippen molar-refractivity contribution >= 4 is 0 Å². The van der Waals surface area contributed by atoms with Crippen molar-refractivity contribution in [2.75, 3.05) is 27.9 Å². The summed E-state index contributed by atoms with van der Waals surface area (Å²) in [5.41, 5.74) is 2.08. The number of aromatic nitrogens is 2. The minimum absolute atomic E-state index is 0.657. The Morgan fingerprint density at radius 1 is 0.960 bits per heavy atom. The fourth-order valence-corrected chi connectivity index (χ4v) is 2.11. The van der Waals surface area contributed by atoms with Crippen molar-refractivity contribution < 1.29 is 14.2 Å². The molecule has 0 radical (unpaired) electrons. The third-order valence-corrected chi connectivity index (χ3v) is 3.24. The van der Waals surface area contributed by atoms with Crippen LogP contribution in [0.3, 0.4) is 0 Å². The van der Waals surface area contributed by atoms with Crippen LogP contribution in [0.25, 0.3) is 0 Å². The molecule has 0 aliphatic rings. The molecule has 6 nitrogen and oxygen atoms in total. The zero-order valence-electron chi connectivity index (χ0n) is 16.6. The summed E-state index contributed by atoms with van der Waals surface area (Å²) in [7, 11) is 4.90. The lowest BCUT2D eigenvalue weighted by Crippen LogP contribution is -2.18. The Balaban J connectivity index is 0.00000134. The molecule has 25 heavy (non-hydrogen) atoms. The fraction of sp³-hybridized carbons (Fsp3) is 0.526. The molecule has 0 spiro atoms. The molecule has 1 aromatic carbocycles. The van der Waals surface area contributed by atoms with Gasteiger partial charge in [0.2, 0.25) is 0 Å². The highest BCUT2D eigenvalue weighted by atomic mass is 16.5. The SMILES string of the molecule is CC.CC.COc1cc(OC)c(CNCCc2cnc[nH]2)c(OC)c1. The zero-order valence-corrected chi connectivity index (χ0v) is 16.6. The van der Waals surface area contributed by atoms with Gasteiger partial charge in [-0.25, -0.2) is 4.98 Å². The molecular formula is C19H33N3O3. The largest absolute Gasteiger partial charge is 0.496 e. The Morgan fingerprint density at radius 2 is 1.56 bits per heavy atom. The van der Waals surface area contributed by atoms with E-state index >= 15 is 0 Å². The van der Waals surface area contributed by atoms with Crippen LogP contribution in [0.15, 0.2) is 24.7 Å². The number of rotatable bonds is 8. The van der Waals surface area contributed by atoms with Gasteiger partial charge in [-0.1, -0.05) is 27.7 Å². The summed E-state index contributed by atoms with van der Waals surface area (Å²) in [4.78, 5) is 7.07. The van der Waals surface area contributed by atoms with Gasteiger partial charge in [-0.2, -0.15) is 0 Å². The first kappa shape index (κ1) is 22.8. The summed E-state index contributed by atoms with van der Waals surface area (Å²) >= 11 is 0. The highest BCUT2D eigenvalue weighted by Gasteiger charge is 2.12. The first-order chi connectivity index (χ1) is 12.3. The molecule has 6 heteroatoms. The van der Waals surface area contributed by atoms with Crippen LogP contribution in [-0.4, -0.2) is 37.8 Å². The smallest absolute Gasteiger partial charge is 0.130 e. The molecular weight excluding hydrogens is 318 g/mol. The van der Waals surface area contributed by atoms with E-state index in [-0.39, 0.29) is 0 Å². The van der Waals surface area contributed by atoms with Crippen molar-refractivity contribution in [2.45, 2.75) is 40.7 Å². The van der Waals surface area contributed by atoms with Gasteiger partial charge in [-0.15, -0.1) is 0 Å². The third kappa shape index (κ3) is 7.47. The molecule has 1 aromatic heterocycles. The molecule has 1 heterocycles. The molecule has 142 valence electrons. The van der Waals surface area contributed by atoms with Gasteiger partial charge in [0.1, 0.15) is 17.2 Å².